The van der Waals surface area contributed by atoms with Gasteiger partial charge < -0.3 is 15.2 Å². The Morgan fingerprint density at radius 2 is 2.16 bits per heavy atom. The molecule has 1 aliphatic heterocycles. The molecule has 1 aliphatic rings. The molecule has 0 spiro atoms. The summed E-state index contributed by atoms with van der Waals surface area (Å²) >= 11 is 3.49. The molecule has 0 aliphatic carbocycles. The summed E-state index contributed by atoms with van der Waals surface area (Å²) in [6.07, 6.45) is 2.03. The third-order valence-electron chi connectivity index (χ3n) is 4.76. The molecule has 0 atom stereocenters. The number of carbonyl (C=O) groups excluding carboxylic acids is 2. The Balaban J connectivity index is 1.54. The van der Waals surface area contributed by atoms with Crippen molar-refractivity contribution < 1.29 is 9.59 Å². The fourth-order valence-electron chi connectivity index (χ4n) is 3.12. The summed E-state index contributed by atoms with van der Waals surface area (Å²) in [6.45, 7) is 6.45. The number of aromatic nitrogens is 1. The Morgan fingerprint density at radius 1 is 1.36 bits per heavy atom. The topological polar surface area (TPSA) is 66.4 Å². The SMILES string of the molecule is CC1(C)C(=O)NCCN1CC(=O)NCCn1ccc2ccc(Br)cc21. The van der Waals surface area contributed by atoms with E-state index in [1.54, 1.807) is 0 Å². The molecule has 2 amide bonds. The molecule has 2 aromatic rings. The molecule has 0 bridgehead atoms. The summed E-state index contributed by atoms with van der Waals surface area (Å²) in [5.41, 5.74) is 0.482. The highest BCUT2D eigenvalue weighted by molar-refractivity contribution is 9.10. The first kappa shape index (κ1) is 17.9. The number of nitrogens with zero attached hydrogens (tertiary/aromatic N) is 2. The summed E-state index contributed by atoms with van der Waals surface area (Å²) in [4.78, 5) is 26.1. The van der Waals surface area contributed by atoms with Crippen molar-refractivity contribution in [1.82, 2.24) is 20.1 Å². The first-order valence-electron chi connectivity index (χ1n) is 8.42. The van der Waals surface area contributed by atoms with Gasteiger partial charge >= 0.3 is 0 Å². The number of benzene rings is 1. The van der Waals surface area contributed by atoms with E-state index in [4.69, 9.17) is 0 Å². The lowest BCUT2D eigenvalue weighted by Gasteiger charge is -2.40. The van der Waals surface area contributed by atoms with E-state index in [2.05, 4.69) is 49.3 Å². The average molecular weight is 407 g/mol. The molecule has 134 valence electrons. The van der Waals surface area contributed by atoms with E-state index >= 15 is 0 Å². The second-order valence-corrected chi connectivity index (χ2v) is 7.71. The lowest BCUT2D eigenvalue weighted by molar-refractivity contribution is -0.137. The van der Waals surface area contributed by atoms with Gasteiger partial charge in [0.2, 0.25) is 11.8 Å². The molecule has 2 heterocycles. The van der Waals surface area contributed by atoms with Gasteiger partial charge in [-0.1, -0.05) is 22.0 Å². The van der Waals surface area contributed by atoms with Gasteiger partial charge in [0.25, 0.3) is 0 Å². The van der Waals surface area contributed by atoms with Crippen LogP contribution in [-0.4, -0.2) is 53.0 Å². The van der Waals surface area contributed by atoms with Crippen molar-refractivity contribution in [3.63, 3.8) is 0 Å². The number of nitrogens with one attached hydrogen (secondary N) is 2. The largest absolute Gasteiger partial charge is 0.353 e. The van der Waals surface area contributed by atoms with Crippen LogP contribution in [0.3, 0.4) is 0 Å². The van der Waals surface area contributed by atoms with E-state index in [0.29, 0.717) is 26.2 Å². The van der Waals surface area contributed by atoms with Gasteiger partial charge in [-0.15, -0.1) is 0 Å². The highest BCUT2D eigenvalue weighted by Gasteiger charge is 2.38. The van der Waals surface area contributed by atoms with Gasteiger partial charge in [-0.3, -0.25) is 14.5 Å². The number of rotatable bonds is 5. The van der Waals surface area contributed by atoms with Crippen molar-refractivity contribution in [2.24, 2.45) is 0 Å². The standard InChI is InChI=1S/C18H23BrN4O2/c1-18(2)17(25)21-7-10-23(18)12-16(24)20-6-9-22-8-5-13-3-4-14(19)11-15(13)22/h3-5,8,11H,6-7,9-10,12H2,1-2H3,(H,20,24)(H,21,25). The van der Waals surface area contributed by atoms with Gasteiger partial charge in [0.15, 0.2) is 0 Å². The number of piperazine rings is 1. The minimum Gasteiger partial charge on any atom is -0.353 e. The van der Waals surface area contributed by atoms with Crippen LogP contribution in [0.4, 0.5) is 0 Å². The third-order valence-corrected chi connectivity index (χ3v) is 5.25. The van der Waals surface area contributed by atoms with E-state index in [-0.39, 0.29) is 18.4 Å². The molecule has 1 aromatic heterocycles. The highest BCUT2D eigenvalue weighted by atomic mass is 79.9. The second kappa shape index (κ2) is 7.17. The van der Waals surface area contributed by atoms with Crippen LogP contribution in [0.2, 0.25) is 0 Å². The molecule has 2 N–H and O–H groups in total. The fourth-order valence-corrected chi connectivity index (χ4v) is 3.47. The molecule has 6 nitrogen and oxygen atoms in total. The Labute approximate surface area is 155 Å². The van der Waals surface area contributed by atoms with Gasteiger partial charge in [0, 0.05) is 42.4 Å². The van der Waals surface area contributed by atoms with Crippen LogP contribution in [-0.2, 0) is 16.1 Å². The maximum Gasteiger partial charge on any atom is 0.240 e. The van der Waals surface area contributed by atoms with Crippen LogP contribution >= 0.6 is 15.9 Å². The molecule has 1 saturated heterocycles. The number of amides is 2. The molecule has 1 fully saturated rings. The van der Waals surface area contributed by atoms with E-state index < -0.39 is 5.54 Å². The van der Waals surface area contributed by atoms with Crippen LogP contribution in [0.1, 0.15) is 13.8 Å². The van der Waals surface area contributed by atoms with Crippen molar-refractivity contribution in [2.75, 3.05) is 26.2 Å². The zero-order chi connectivity index (χ0) is 18.0. The smallest absolute Gasteiger partial charge is 0.240 e. The normalized spacial score (nSPS) is 17.5. The Hall–Kier alpha value is -1.86. The van der Waals surface area contributed by atoms with E-state index in [0.717, 1.165) is 9.99 Å². The maximum atomic E-state index is 12.3. The average Bonchev–Trinajstić information content (AvgIpc) is 2.95. The minimum atomic E-state index is -0.654. The minimum absolute atomic E-state index is 0.0315. The van der Waals surface area contributed by atoms with Gasteiger partial charge in [-0.05, 0) is 37.4 Å². The summed E-state index contributed by atoms with van der Waals surface area (Å²) in [5.74, 6) is -0.0867. The predicted octanol–water partition coefficient (Wildman–Crippen LogP) is 1.73. The van der Waals surface area contributed by atoms with Crippen LogP contribution in [0, 0.1) is 0 Å². The molecule has 1 aromatic carbocycles. The molecule has 0 saturated carbocycles. The molecule has 0 unspecified atom stereocenters. The van der Waals surface area contributed by atoms with E-state index in [1.807, 2.05) is 31.0 Å². The summed E-state index contributed by atoms with van der Waals surface area (Å²) < 4.78 is 3.16. The predicted molar refractivity (Wildman–Crippen MR) is 101 cm³/mol. The lowest BCUT2D eigenvalue weighted by Crippen LogP contribution is -2.63. The van der Waals surface area contributed by atoms with Gasteiger partial charge in [-0.2, -0.15) is 0 Å². The molecular weight excluding hydrogens is 384 g/mol. The summed E-state index contributed by atoms with van der Waals surface area (Å²) in [5, 5.41) is 6.97. The zero-order valence-corrected chi connectivity index (χ0v) is 16.1. The first-order chi connectivity index (χ1) is 11.9. The second-order valence-electron chi connectivity index (χ2n) is 6.80. The molecular formula is C18H23BrN4O2. The first-order valence-corrected chi connectivity index (χ1v) is 9.22. The lowest BCUT2D eigenvalue weighted by atomic mass is 9.99. The maximum absolute atomic E-state index is 12.3. The van der Waals surface area contributed by atoms with Crippen LogP contribution < -0.4 is 10.6 Å². The van der Waals surface area contributed by atoms with Crippen molar-refractivity contribution in [3.8, 4) is 0 Å². The molecule has 0 radical (unpaired) electrons. The van der Waals surface area contributed by atoms with E-state index in [1.165, 1.54) is 5.39 Å². The van der Waals surface area contributed by atoms with Gasteiger partial charge in [0.1, 0.15) is 0 Å². The van der Waals surface area contributed by atoms with E-state index in [9.17, 15) is 9.59 Å². The zero-order valence-electron chi connectivity index (χ0n) is 14.5. The Bertz CT molecular complexity index is 799. The molecule has 7 heteroatoms. The third kappa shape index (κ3) is 3.88. The Kier molecular flexibility index (Phi) is 5.15. The van der Waals surface area contributed by atoms with Crippen molar-refractivity contribution in [3.05, 3.63) is 34.9 Å². The summed E-state index contributed by atoms with van der Waals surface area (Å²) in [6, 6.07) is 8.23. The quantitative estimate of drug-likeness (QED) is 0.794. The number of carbonyl (C=O) groups is 2. The summed E-state index contributed by atoms with van der Waals surface area (Å²) in [7, 11) is 0. The number of hydrogen-bond donors (Lipinski definition) is 2. The monoisotopic (exact) mass is 406 g/mol. The number of hydrogen-bond acceptors (Lipinski definition) is 3. The highest BCUT2D eigenvalue weighted by Crippen LogP contribution is 2.20. The number of fused-ring (bicyclic) bond motifs is 1. The van der Waals surface area contributed by atoms with Crippen LogP contribution in [0.15, 0.2) is 34.9 Å². The van der Waals surface area contributed by atoms with Crippen molar-refractivity contribution in [2.45, 2.75) is 25.9 Å². The van der Waals surface area contributed by atoms with Gasteiger partial charge in [0.05, 0.1) is 12.1 Å². The van der Waals surface area contributed by atoms with Crippen LogP contribution in [0.25, 0.3) is 10.9 Å². The van der Waals surface area contributed by atoms with Crippen molar-refractivity contribution in [1.29, 1.82) is 0 Å². The number of halogens is 1. The fraction of sp³-hybridized carbons (Fsp3) is 0.444. The molecule has 25 heavy (non-hydrogen) atoms. The van der Waals surface area contributed by atoms with Crippen LogP contribution in [0.5, 0.6) is 0 Å². The Morgan fingerprint density at radius 3 is 2.96 bits per heavy atom. The molecule has 3 rings (SSSR count). The van der Waals surface area contributed by atoms with Gasteiger partial charge in [-0.25, -0.2) is 0 Å². The van der Waals surface area contributed by atoms with Crippen molar-refractivity contribution >= 4 is 38.6 Å².